The summed E-state index contributed by atoms with van der Waals surface area (Å²) in [4.78, 5) is 10.4. The molecular weight excluding hydrogens is 285 g/mol. The Hall–Kier alpha value is -1.51. The highest BCUT2D eigenvalue weighted by molar-refractivity contribution is 7.89. The molecule has 0 aliphatic carbocycles. The Balaban J connectivity index is 2.82. The van der Waals surface area contributed by atoms with Gasteiger partial charge in [0.2, 0.25) is 15.9 Å². The molecule has 0 atom stereocenters. The van der Waals surface area contributed by atoms with E-state index in [9.17, 15) is 17.6 Å². The first-order valence-electron chi connectivity index (χ1n) is 6.08. The third-order valence-corrected chi connectivity index (χ3v) is 3.93. The number of sulfonamides is 1. The fraction of sp³-hybridized carbons (Fsp3) is 0.417. The van der Waals surface area contributed by atoms with E-state index in [1.54, 1.807) is 7.05 Å². The van der Waals surface area contributed by atoms with Crippen LogP contribution in [0.25, 0.3) is 0 Å². The van der Waals surface area contributed by atoms with Gasteiger partial charge in [0.05, 0.1) is 0 Å². The maximum atomic E-state index is 13.8. The molecule has 0 heterocycles. The smallest absolute Gasteiger partial charge is 0.243 e. The average molecular weight is 303 g/mol. The predicted molar refractivity (Wildman–Crippen MR) is 74.4 cm³/mol. The summed E-state index contributed by atoms with van der Waals surface area (Å²) >= 11 is 0. The number of rotatable bonds is 7. The highest BCUT2D eigenvalue weighted by atomic mass is 32.2. The molecule has 0 bridgehead atoms. The molecule has 0 fully saturated rings. The number of amides is 1. The van der Waals surface area contributed by atoms with Crippen molar-refractivity contribution in [3.8, 4) is 0 Å². The number of nitrogens with one attached hydrogen (secondary N) is 3. The van der Waals surface area contributed by atoms with Crippen LogP contribution in [0.1, 0.15) is 13.3 Å². The van der Waals surface area contributed by atoms with Gasteiger partial charge in [0.25, 0.3) is 0 Å². The molecule has 0 aromatic heterocycles. The lowest BCUT2D eigenvalue weighted by atomic mass is 10.3. The van der Waals surface area contributed by atoms with Crippen LogP contribution in [-0.4, -0.2) is 34.5 Å². The Morgan fingerprint density at radius 3 is 2.55 bits per heavy atom. The highest BCUT2D eigenvalue weighted by Gasteiger charge is 2.18. The SMILES string of the molecule is CNCCCNS(=O)(=O)c1ccc(NC(C)=O)cc1F. The summed E-state index contributed by atoms with van der Waals surface area (Å²) in [5.74, 6) is -1.26. The molecule has 8 heteroatoms. The standard InChI is InChI=1S/C12H18FN3O3S/c1-9(17)16-10-4-5-12(11(13)8-10)20(18,19)15-7-3-6-14-2/h4-5,8,14-15H,3,6-7H2,1-2H3,(H,16,17). The largest absolute Gasteiger partial charge is 0.326 e. The summed E-state index contributed by atoms with van der Waals surface area (Å²) in [6.45, 7) is 2.16. The number of benzene rings is 1. The molecule has 0 saturated heterocycles. The van der Waals surface area contributed by atoms with Crippen LogP contribution in [-0.2, 0) is 14.8 Å². The zero-order valence-electron chi connectivity index (χ0n) is 11.4. The third-order valence-electron chi connectivity index (χ3n) is 2.44. The zero-order valence-corrected chi connectivity index (χ0v) is 12.2. The monoisotopic (exact) mass is 303 g/mol. The fourth-order valence-electron chi connectivity index (χ4n) is 1.55. The van der Waals surface area contributed by atoms with E-state index < -0.39 is 20.7 Å². The molecule has 0 spiro atoms. The molecule has 0 unspecified atom stereocenters. The fourth-order valence-corrected chi connectivity index (χ4v) is 2.68. The molecule has 3 N–H and O–H groups in total. The Labute approximate surface area is 117 Å². The Bertz CT molecular complexity index is 575. The van der Waals surface area contributed by atoms with Gasteiger partial charge in [-0.1, -0.05) is 0 Å². The zero-order chi connectivity index (χ0) is 15.2. The number of anilines is 1. The first-order valence-corrected chi connectivity index (χ1v) is 7.56. The summed E-state index contributed by atoms with van der Waals surface area (Å²) < 4.78 is 39.9. The Morgan fingerprint density at radius 1 is 1.30 bits per heavy atom. The van der Waals surface area contributed by atoms with Crippen LogP contribution in [0.5, 0.6) is 0 Å². The summed E-state index contributed by atoms with van der Waals surface area (Å²) in [6, 6.07) is 3.44. The molecule has 6 nitrogen and oxygen atoms in total. The van der Waals surface area contributed by atoms with E-state index in [0.717, 1.165) is 12.1 Å². The molecule has 1 aromatic carbocycles. The van der Waals surface area contributed by atoms with Crippen molar-refractivity contribution in [1.82, 2.24) is 10.0 Å². The van der Waals surface area contributed by atoms with Crippen LogP contribution in [0.2, 0.25) is 0 Å². The summed E-state index contributed by atoms with van der Waals surface area (Å²) in [5, 5.41) is 5.26. The van der Waals surface area contributed by atoms with Gasteiger partial charge in [-0.3, -0.25) is 4.79 Å². The van der Waals surface area contributed by atoms with Crippen molar-refractivity contribution in [3.05, 3.63) is 24.0 Å². The highest BCUT2D eigenvalue weighted by Crippen LogP contribution is 2.18. The van der Waals surface area contributed by atoms with Crippen molar-refractivity contribution < 1.29 is 17.6 Å². The lowest BCUT2D eigenvalue weighted by Crippen LogP contribution is -2.27. The lowest BCUT2D eigenvalue weighted by Gasteiger charge is -2.09. The van der Waals surface area contributed by atoms with Crippen molar-refractivity contribution in [3.63, 3.8) is 0 Å². The molecule has 0 aliphatic heterocycles. The van der Waals surface area contributed by atoms with Crippen molar-refractivity contribution in [2.24, 2.45) is 0 Å². The van der Waals surface area contributed by atoms with Crippen LogP contribution >= 0.6 is 0 Å². The lowest BCUT2D eigenvalue weighted by molar-refractivity contribution is -0.114. The Kier molecular flexibility index (Phi) is 6.05. The molecule has 1 rings (SSSR count). The molecular formula is C12H18FN3O3S. The summed E-state index contributed by atoms with van der Waals surface area (Å²) in [7, 11) is -2.12. The maximum absolute atomic E-state index is 13.8. The van der Waals surface area contributed by atoms with Gasteiger partial charge >= 0.3 is 0 Å². The van der Waals surface area contributed by atoms with Crippen LogP contribution in [0.15, 0.2) is 23.1 Å². The minimum atomic E-state index is -3.88. The van der Waals surface area contributed by atoms with E-state index >= 15 is 0 Å². The van der Waals surface area contributed by atoms with Crippen molar-refractivity contribution in [2.45, 2.75) is 18.2 Å². The van der Waals surface area contributed by atoms with E-state index in [0.29, 0.717) is 13.0 Å². The Morgan fingerprint density at radius 2 is 2.00 bits per heavy atom. The van der Waals surface area contributed by atoms with Gasteiger partial charge in [0.1, 0.15) is 10.7 Å². The van der Waals surface area contributed by atoms with Crippen LogP contribution in [0.3, 0.4) is 0 Å². The van der Waals surface area contributed by atoms with Gasteiger partial charge in [0, 0.05) is 19.2 Å². The second-order valence-corrected chi connectivity index (χ2v) is 5.92. The molecule has 1 aromatic rings. The van der Waals surface area contributed by atoms with Gasteiger partial charge < -0.3 is 10.6 Å². The van der Waals surface area contributed by atoms with Crippen molar-refractivity contribution >= 4 is 21.6 Å². The molecule has 0 saturated carbocycles. The maximum Gasteiger partial charge on any atom is 0.243 e. The van der Waals surface area contributed by atoms with Gasteiger partial charge in [-0.15, -0.1) is 0 Å². The molecule has 112 valence electrons. The van der Waals surface area contributed by atoms with E-state index in [1.165, 1.54) is 13.0 Å². The predicted octanol–water partition coefficient (Wildman–Crippen LogP) is 0.672. The number of hydrogen-bond donors (Lipinski definition) is 3. The molecule has 0 radical (unpaired) electrons. The number of carbonyl (C=O) groups excluding carboxylic acids is 1. The topological polar surface area (TPSA) is 87.3 Å². The quantitative estimate of drug-likeness (QED) is 0.646. The van der Waals surface area contributed by atoms with Gasteiger partial charge in [-0.2, -0.15) is 0 Å². The molecule has 1 amide bonds. The van der Waals surface area contributed by atoms with E-state index in [-0.39, 0.29) is 18.1 Å². The van der Waals surface area contributed by atoms with Crippen LogP contribution < -0.4 is 15.4 Å². The normalized spacial score (nSPS) is 11.3. The second kappa shape index (κ2) is 7.32. The second-order valence-electron chi connectivity index (χ2n) is 4.18. The van der Waals surface area contributed by atoms with Gasteiger partial charge in [-0.25, -0.2) is 17.5 Å². The van der Waals surface area contributed by atoms with Crippen LogP contribution in [0, 0.1) is 5.82 Å². The van der Waals surface area contributed by atoms with Crippen molar-refractivity contribution in [2.75, 3.05) is 25.5 Å². The third kappa shape index (κ3) is 4.87. The first kappa shape index (κ1) is 16.5. The molecule has 20 heavy (non-hydrogen) atoms. The van der Waals surface area contributed by atoms with Crippen molar-refractivity contribution in [1.29, 1.82) is 0 Å². The van der Waals surface area contributed by atoms with Crippen LogP contribution in [0.4, 0.5) is 10.1 Å². The summed E-state index contributed by atoms with van der Waals surface area (Å²) in [5.41, 5.74) is 0.212. The van der Waals surface area contributed by atoms with Gasteiger partial charge in [0.15, 0.2) is 0 Å². The number of halogens is 1. The van der Waals surface area contributed by atoms with E-state index in [4.69, 9.17) is 0 Å². The van der Waals surface area contributed by atoms with E-state index in [1.807, 2.05) is 0 Å². The molecule has 0 aliphatic rings. The minimum Gasteiger partial charge on any atom is -0.326 e. The number of hydrogen-bond acceptors (Lipinski definition) is 4. The summed E-state index contributed by atoms with van der Waals surface area (Å²) in [6.07, 6.45) is 0.599. The average Bonchev–Trinajstić information content (AvgIpc) is 2.33. The first-order chi connectivity index (χ1) is 9.36. The number of carbonyl (C=O) groups is 1. The van der Waals surface area contributed by atoms with E-state index in [2.05, 4.69) is 15.4 Å². The minimum absolute atomic E-state index is 0.212. The van der Waals surface area contributed by atoms with Gasteiger partial charge in [-0.05, 0) is 38.2 Å².